The predicted octanol–water partition coefficient (Wildman–Crippen LogP) is 14.9. The van der Waals surface area contributed by atoms with Crippen LogP contribution in [0.1, 0.15) is 13.8 Å². The summed E-state index contributed by atoms with van der Waals surface area (Å²) in [5.74, 6) is 8.72. The monoisotopic (exact) mass is 1250 g/mol. The molecule has 2 saturated heterocycles. The van der Waals surface area contributed by atoms with E-state index in [1.165, 1.54) is 0 Å². The van der Waals surface area contributed by atoms with E-state index in [2.05, 4.69) is 38.1 Å². The molecule has 0 saturated carbocycles. The molecule has 2 aliphatic heterocycles. The van der Waals surface area contributed by atoms with Crippen molar-refractivity contribution >= 4 is 21.5 Å². The fourth-order valence-corrected chi connectivity index (χ4v) is 9.90. The van der Waals surface area contributed by atoms with Crippen molar-refractivity contribution < 1.29 is 85.3 Å². The van der Waals surface area contributed by atoms with Crippen molar-refractivity contribution in [2.45, 2.75) is 13.8 Å². The molecule has 18 nitrogen and oxygen atoms in total. The molecule has 10 aromatic rings. The van der Waals surface area contributed by atoms with E-state index in [1.54, 1.807) is 48.5 Å². The van der Waals surface area contributed by atoms with Gasteiger partial charge in [-0.05, 0) is 179 Å². The summed E-state index contributed by atoms with van der Waals surface area (Å²) in [7, 11) is 0. The highest BCUT2D eigenvalue weighted by Gasteiger charge is 2.34. The lowest BCUT2D eigenvalue weighted by atomic mass is 9.90. The van der Waals surface area contributed by atoms with Crippen molar-refractivity contribution in [2.24, 2.45) is 10.8 Å². The molecule has 0 atom stereocenters. The van der Waals surface area contributed by atoms with Gasteiger partial charge in [-0.3, -0.25) is 0 Å². The van der Waals surface area contributed by atoms with Gasteiger partial charge in [-0.2, -0.15) is 0 Å². The molecule has 0 aliphatic carbocycles. The van der Waals surface area contributed by atoms with Crippen LogP contribution in [0.25, 0.3) is 32.7 Å². The molecule has 10 aromatic carbocycles. The summed E-state index contributed by atoms with van der Waals surface area (Å²) in [4.78, 5) is 0. The molecule has 18 heteroatoms. The maximum atomic E-state index is 6.50. The Hall–Kier alpha value is -10.2. The first-order valence-electron chi connectivity index (χ1n) is 30.0. The molecule has 0 spiro atoms. The second-order valence-electron chi connectivity index (χ2n) is 22.4. The van der Waals surface area contributed by atoms with Crippen molar-refractivity contribution in [3.63, 3.8) is 0 Å². The van der Waals surface area contributed by atoms with E-state index in [0.29, 0.717) is 120 Å². The van der Waals surface area contributed by atoms with Crippen LogP contribution in [0.2, 0.25) is 0 Å². The van der Waals surface area contributed by atoms with Gasteiger partial charge in [0.15, 0.2) is 13.6 Å². The first-order chi connectivity index (χ1) is 45.2. The molecule has 12 rings (SSSR count). The van der Waals surface area contributed by atoms with Crippen LogP contribution < -0.4 is 66.3 Å². The molecule has 2 fully saturated rings. The van der Waals surface area contributed by atoms with E-state index < -0.39 is 0 Å². The minimum atomic E-state index is -0.0751. The minimum absolute atomic E-state index is 0.0128. The third-order valence-electron chi connectivity index (χ3n) is 15.0. The topological polar surface area (TPSA) is 166 Å². The van der Waals surface area contributed by atoms with E-state index in [4.69, 9.17) is 85.3 Å². The highest BCUT2D eigenvalue weighted by Crippen LogP contribution is 2.46. The van der Waals surface area contributed by atoms with Crippen LogP contribution in [0.15, 0.2) is 218 Å². The van der Waals surface area contributed by atoms with Crippen LogP contribution in [0.5, 0.6) is 80.5 Å². The maximum Gasteiger partial charge on any atom is 0.230 e. The van der Waals surface area contributed by atoms with Crippen LogP contribution in [0, 0.1) is 10.8 Å². The van der Waals surface area contributed by atoms with Crippen molar-refractivity contribution in [2.75, 3.05) is 94.0 Å². The van der Waals surface area contributed by atoms with Crippen molar-refractivity contribution in [3.8, 4) is 91.6 Å². The number of hydrogen-bond acceptors (Lipinski definition) is 18. The lowest BCUT2D eigenvalue weighted by Gasteiger charge is -2.37. The average molecular weight is 1250 g/mol. The second kappa shape index (κ2) is 30.5. The number of ether oxygens (including phenoxy) is 18. The molecule has 2 aliphatic rings. The standard InChI is InChI=1S/C74H70O18/c1-73(39-75-40-73)43-77-45-79-55-13-17-57(18-14-55)81-47-83-59-21-25-61(26-22-59)85-49-87-63-29-33-65(34-30-63)89-51-91-69-37-11-53-7-3-5-9-67(53)71(69)72-68-10-6-4-8-54(68)12-38-70(72)92-52-90-66-35-31-64(32-36-66)88-50-86-62-27-23-60(24-28-62)84-48-82-58-19-15-56(16-20-58)80-46-78-44-74(2)41-76-42-74/h3-38H,39-52H2,1-2H3. The molecule has 0 radical (unpaired) electrons. The zero-order valence-electron chi connectivity index (χ0n) is 51.0. The highest BCUT2D eigenvalue weighted by atomic mass is 16.7. The quantitative estimate of drug-likeness (QED) is 0.0272. The summed E-state index contributed by atoms with van der Waals surface area (Å²) in [5, 5.41) is 4.02. The summed E-state index contributed by atoms with van der Waals surface area (Å²) in [5.41, 5.74) is 1.86. The molecule has 2 heterocycles. The van der Waals surface area contributed by atoms with Gasteiger partial charge in [0.2, 0.25) is 40.8 Å². The van der Waals surface area contributed by atoms with Gasteiger partial charge in [0.1, 0.15) is 80.5 Å². The molecule has 0 aromatic heterocycles. The largest absolute Gasteiger partial charge is 0.468 e. The van der Waals surface area contributed by atoms with Crippen molar-refractivity contribution in [1.29, 1.82) is 0 Å². The Bertz CT molecular complexity index is 3660. The van der Waals surface area contributed by atoms with E-state index in [0.717, 1.165) is 32.7 Å². The van der Waals surface area contributed by atoms with Gasteiger partial charge in [-0.15, -0.1) is 0 Å². The molecule has 474 valence electrons. The van der Waals surface area contributed by atoms with Gasteiger partial charge in [0.25, 0.3) is 0 Å². The van der Waals surface area contributed by atoms with E-state index in [-0.39, 0.29) is 65.2 Å². The second-order valence-corrected chi connectivity index (χ2v) is 22.4. The number of fused-ring (bicyclic) bond motifs is 2. The van der Waals surface area contributed by atoms with Crippen LogP contribution in [0.3, 0.4) is 0 Å². The van der Waals surface area contributed by atoms with Gasteiger partial charge in [0.05, 0.1) is 39.6 Å². The predicted molar refractivity (Wildman–Crippen MR) is 343 cm³/mol. The highest BCUT2D eigenvalue weighted by molar-refractivity contribution is 6.09. The van der Waals surface area contributed by atoms with Gasteiger partial charge >= 0.3 is 0 Å². The van der Waals surface area contributed by atoms with Crippen LogP contribution >= 0.6 is 0 Å². The van der Waals surface area contributed by atoms with Crippen molar-refractivity contribution in [3.05, 3.63) is 218 Å². The van der Waals surface area contributed by atoms with Crippen LogP contribution in [0.4, 0.5) is 0 Å². The zero-order valence-corrected chi connectivity index (χ0v) is 51.0. The Balaban J connectivity index is 0.573. The van der Waals surface area contributed by atoms with Gasteiger partial charge in [-0.1, -0.05) is 74.5 Å². The first-order valence-corrected chi connectivity index (χ1v) is 30.0. The molecule has 0 bridgehead atoms. The Morgan fingerprint density at radius 2 is 0.467 bits per heavy atom. The van der Waals surface area contributed by atoms with E-state index in [9.17, 15) is 0 Å². The third kappa shape index (κ3) is 17.2. The number of rotatable bonds is 35. The van der Waals surface area contributed by atoms with Crippen LogP contribution in [-0.4, -0.2) is 94.0 Å². The van der Waals surface area contributed by atoms with E-state index >= 15 is 0 Å². The molecule has 0 unspecified atom stereocenters. The zero-order chi connectivity index (χ0) is 62.6. The normalized spacial score (nSPS) is 13.5. The molecular weight excluding hydrogens is 1180 g/mol. The summed E-state index contributed by atoms with van der Waals surface area (Å²) >= 11 is 0. The molecule has 92 heavy (non-hydrogen) atoms. The van der Waals surface area contributed by atoms with Gasteiger partial charge in [-0.25, -0.2) is 0 Å². The summed E-state index contributed by atoms with van der Waals surface area (Å²) in [6.07, 6.45) is 0. The minimum Gasteiger partial charge on any atom is -0.468 e. The third-order valence-corrected chi connectivity index (χ3v) is 15.0. The smallest absolute Gasteiger partial charge is 0.230 e. The SMILES string of the molecule is CC1(COCOc2ccc(OCOc3ccc(OCOc4ccc(OCOc5ccc6ccccc6c5-c5c(OCOc6ccc(OCOc7ccc(OCOc8ccc(OCOCC9(C)COC9)cc8)cc7)cc6)ccc6ccccc56)cc4)cc3)cc2)COC1. The van der Waals surface area contributed by atoms with Crippen LogP contribution in [-0.2, 0) is 18.9 Å². The van der Waals surface area contributed by atoms with E-state index in [1.807, 2.05) is 146 Å². The number of hydrogen-bond donors (Lipinski definition) is 0. The lowest BCUT2D eigenvalue weighted by Crippen LogP contribution is -2.43. The summed E-state index contributed by atoms with van der Waals surface area (Å²) < 4.78 is 105. The van der Waals surface area contributed by atoms with Gasteiger partial charge < -0.3 is 85.3 Å². The Morgan fingerprint density at radius 3 is 0.696 bits per heavy atom. The van der Waals surface area contributed by atoms with Crippen molar-refractivity contribution in [1.82, 2.24) is 0 Å². The fourth-order valence-electron chi connectivity index (χ4n) is 9.90. The molecule has 0 N–H and O–H groups in total. The fraction of sp³-hybridized carbons (Fsp3) is 0.243. The lowest BCUT2D eigenvalue weighted by molar-refractivity contribution is -0.151. The maximum absolute atomic E-state index is 6.50. The van der Waals surface area contributed by atoms with Gasteiger partial charge in [0, 0.05) is 22.0 Å². The summed E-state index contributed by atoms with van der Waals surface area (Å²) in [6, 6.07) is 67.8. The Labute approximate surface area is 533 Å². The average Bonchev–Trinajstić information content (AvgIpc) is 0.802. The Morgan fingerprint density at radius 1 is 0.250 bits per heavy atom. The summed E-state index contributed by atoms with van der Waals surface area (Å²) in [6.45, 7) is 8.51. The molecule has 0 amide bonds. The Kier molecular flexibility index (Phi) is 20.6. The first kappa shape index (κ1) is 62.0. The molecular formula is C74H70O18. The number of benzene rings is 10.